The Kier molecular flexibility index (Phi) is 4.08. The highest BCUT2D eigenvalue weighted by Crippen LogP contribution is 2.22. The van der Waals surface area contributed by atoms with Gasteiger partial charge in [0.05, 0.1) is 12.3 Å². The first kappa shape index (κ1) is 14.1. The van der Waals surface area contributed by atoms with Crippen molar-refractivity contribution in [1.82, 2.24) is 4.98 Å². The number of aryl methyl sites for hydroxylation is 1. The van der Waals surface area contributed by atoms with Gasteiger partial charge in [-0.3, -0.25) is 0 Å². The second kappa shape index (κ2) is 5.77. The Labute approximate surface area is 114 Å². The molecular formula is C15H13F2NO2. The molecule has 5 heteroatoms. The van der Waals surface area contributed by atoms with Crippen LogP contribution in [0, 0.1) is 18.6 Å². The molecule has 0 saturated carbocycles. The highest BCUT2D eigenvalue weighted by atomic mass is 19.1. The molecule has 0 aliphatic carbocycles. The van der Waals surface area contributed by atoms with Crippen molar-refractivity contribution in [1.29, 1.82) is 0 Å². The van der Waals surface area contributed by atoms with Crippen LogP contribution < -0.4 is 0 Å². The van der Waals surface area contributed by atoms with Crippen LogP contribution in [0.4, 0.5) is 8.78 Å². The van der Waals surface area contributed by atoms with E-state index in [1.807, 2.05) is 0 Å². The van der Waals surface area contributed by atoms with Crippen LogP contribution in [0.5, 0.6) is 0 Å². The molecule has 1 heterocycles. The van der Waals surface area contributed by atoms with Gasteiger partial charge in [0, 0.05) is 17.5 Å². The average molecular weight is 277 g/mol. The molecule has 0 aliphatic heterocycles. The van der Waals surface area contributed by atoms with Gasteiger partial charge >= 0.3 is 5.97 Å². The number of carbonyl (C=O) groups excluding carboxylic acids is 1. The maximum Gasteiger partial charge on any atom is 0.330 e. The van der Waals surface area contributed by atoms with Crippen LogP contribution in [0.25, 0.3) is 17.0 Å². The van der Waals surface area contributed by atoms with Crippen LogP contribution in [0.2, 0.25) is 0 Å². The number of ether oxygens (including phenoxy) is 1. The summed E-state index contributed by atoms with van der Waals surface area (Å²) in [6, 6.07) is 3.67. The number of halogens is 2. The third-order valence-electron chi connectivity index (χ3n) is 2.74. The average Bonchev–Trinajstić information content (AvgIpc) is 2.38. The molecule has 0 fully saturated rings. The third-order valence-corrected chi connectivity index (χ3v) is 2.74. The first-order chi connectivity index (χ1) is 9.51. The maximum atomic E-state index is 13.7. The molecule has 0 N–H and O–H groups in total. The fourth-order valence-corrected chi connectivity index (χ4v) is 1.87. The standard InChI is InChI=1S/C15H13F2NO2/c1-3-20-14(19)5-4-11-6-9(2)12-7-10(16)8-13(17)15(12)18-11/h4-8H,3H2,1-2H3/b5-4+. The number of nitrogens with zero attached hydrogens (tertiary/aromatic N) is 1. The van der Waals surface area contributed by atoms with Crippen LogP contribution in [-0.2, 0) is 9.53 Å². The van der Waals surface area contributed by atoms with Crippen molar-refractivity contribution in [3.63, 3.8) is 0 Å². The largest absolute Gasteiger partial charge is 0.463 e. The summed E-state index contributed by atoms with van der Waals surface area (Å²) in [6.07, 6.45) is 2.66. The number of pyridine rings is 1. The van der Waals surface area contributed by atoms with Crippen molar-refractivity contribution in [3.8, 4) is 0 Å². The van der Waals surface area contributed by atoms with Gasteiger partial charge in [-0.2, -0.15) is 0 Å². The highest BCUT2D eigenvalue weighted by molar-refractivity contribution is 5.88. The van der Waals surface area contributed by atoms with Crippen molar-refractivity contribution in [2.75, 3.05) is 6.61 Å². The normalized spacial score (nSPS) is 11.2. The lowest BCUT2D eigenvalue weighted by Gasteiger charge is -2.05. The van der Waals surface area contributed by atoms with Gasteiger partial charge in [0.1, 0.15) is 11.3 Å². The number of fused-ring (bicyclic) bond motifs is 1. The zero-order valence-electron chi connectivity index (χ0n) is 11.1. The topological polar surface area (TPSA) is 39.2 Å². The van der Waals surface area contributed by atoms with E-state index in [4.69, 9.17) is 4.74 Å². The van der Waals surface area contributed by atoms with Crippen molar-refractivity contribution in [2.45, 2.75) is 13.8 Å². The van der Waals surface area contributed by atoms with Gasteiger partial charge in [-0.1, -0.05) is 0 Å². The van der Waals surface area contributed by atoms with Gasteiger partial charge in [-0.25, -0.2) is 18.6 Å². The Bertz CT molecular complexity index is 696. The minimum absolute atomic E-state index is 0.0786. The van der Waals surface area contributed by atoms with E-state index >= 15 is 0 Å². The van der Waals surface area contributed by atoms with Gasteiger partial charge in [0.2, 0.25) is 0 Å². The number of hydrogen-bond acceptors (Lipinski definition) is 3. The molecule has 0 bridgehead atoms. The highest BCUT2D eigenvalue weighted by Gasteiger charge is 2.09. The zero-order chi connectivity index (χ0) is 14.7. The lowest BCUT2D eigenvalue weighted by Crippen LogP contribution is -1.99. The zero-order valence-corrected chi connectivity index (χ0v) is 11.1. The number of carbonyl (C=O) groups is 1. The molecule has 0 radical (unpaired) electrons. The maximum absolute atomic E-state index is 13.7. The molecule has 0 amide bonds. The van der Waals surface area contributed by atoms with Crippen LogP contribution >= 0.6 is 0 Å². The molecule has 0 saturated heterocycles. The van der Waals surface area contributed by atoms with Gasteiger partial charge in [-0.05, 0) is 37.6 Å². The summed E-state index contributed by atoms with van der Waals surface area (Å²) in [5.41, 5.74) is 1.17. The summed E-state index contributed by atoms with van der Waals surface area (Å²) >= 11 is 0. The van der Waals surface area contributed by atoms with Crippen LogP contribution in [0.1, 0.15) is 18.2 Å². The monoisotopic (exact) mass is 277 g/mol. The minimum Gasteiger partial charge on any atom is -0.463 e. The second-order valence-electron chi connectivity index (χ2n) is 4.23. The summed E-state index contributed by atoms with van der Waals surface area (Å²) < 4.78 is 31.6. The Balaban J connectivity index is 2.45. The minimum atomic E-state index is -0.727. The molecule has 0 aliphatic rings. The summed E-state index contributed by atoms with van der Waals surface area (Å²) in [7, 11) is 0. The van der Waals surface area contributed by atoms with E-state index in [1.54, 1.807) is 19.9 Å². The molecule has 1 aromatic carbocycles. The van der Waals surface area contributed by atoms with Gasteiger partial charge in [0.15, 0.2) is 5.82 Å². The molecule has 3 nitrogen and oxygen atoms in total. The number of esters is 1. The van der Waals surface area contributed by atoms with Gasteiger partial charge in [-0.15, -0.1) is 0 Å². The van der Waals surface area contributed by atoms with E-state index in [0.29, 0.717) is 16.6 Å². The van der Waals surface area contributed by atoms with Crippen LogP contribution in [0.15, 0.2) is 24.3 Å². The van der Waals surface area contributed by atoms with E-state index in [2.05, 4.69) is 4.98 Å². The van der Waals surface area contributed by atoms with E-state index in [9.17, 15) is 13.6 Å². The predicted molar refractivity (Wildman–Crippen MR) is 72.1 cm³/mol. The Morgan fingerprint density at radius 1 is 1.35 bits per heavy atom. The van der Waals surface area contributed by atoms with E-state index in [1.165, 1.54) is 18.2 Å². The lowest BCUT2D eigenvalue weighted by molar-refractivity contribution is -0.137. The van der Waals surface area contributed by atoms with Crippen molar-refractivity contribution in [3.05, 3.63) is 47.2 Å². The fourth-order valence-electron chi connectivity index (χ4n) is 1.87. The summed E-state index contributed by atoms with van der Waals surface area (Å²) in [6.45, 7) is 3.71. The molecule has 2 aromatic rings. The molecular weight excluding hydrogens is 264 g/mol. The quantitative estimate of drug-likeness (QED) is 0.637. The van der Waals surface area contributed by atoms with Gasteiger partial charge < -0.3 is 4.74 Å². The Morgan fingerprint density at radius 3 is 2.80 bits per heavy atom. The third kappa shape index (κ3) is 2.99. The van der Waals surface area contributed by atoms with E-state index in [0.717, 1.165) is 6.07 Å². The molecule has 0 spiro atoms. The molecule has 20 heavy (non-hydrogen) atoms. The van der Waals surface area contributed by atoms with Gasteiger partial charge in [0.25, 0.3) is 0 Å². The SMILES string of the molecule is CCOC(=O)/C=C/c1cc(C)c2cc(F)cc(F)c2n1. The number of rotatable bonds is 3. The summed E-state index contributed by atoms with van der Waals surface area (Å²) in [5.74, 6) is -1.86. The molecule has 1 aromatic heterocycles. The Morgan fingerprint density at radius 2 is 2.10 bits per heavy atom. The predicted octanol–water partition coefficient (Wildman–Crippen LogP) is 3.40. The smallest absolute Gasteiger partial charge is 0.330 e. The summed E-state index contributed by atoms with van der Waals surface area (Å²) in [4.78, 5) is 15.3. The van der Waals surface area contributed by atoms with Crippen molar-refractivity contribution >= 4 is 22.9 Å². The second-order valence-corrected chi connectivity index (χ2v) is 4.23. The van der Waals surface area contributed by atoms with Crippen LogP contribution in [0.3, 0.4) is 0 Å². The molecule has 0 unspecified atom stereocenters. The number of hydrogen-bond donors (Lipinski definition) is 0. The fraction of sp³-hybridized carbons (Fsp3) is 0.200. The van der Waals surface area contributed by atoms with E-state index in [-0.39, 0.29) is 12.1 Å². The molecule has 2 rings (SSSR count). The number of aromatic nitrogens is 1. The molecule has 104 valence electrons. The lowest BCUT2D eigenvalue weighted by atomic mass is 10.1. The first-order valence-electron chi connectivity index (χ1n) is 6.12. The van der Waals surface area contributed by atoms with Crippen molar-refractivity contribution < 1.29 is 18.3 Å². The Hall–Kier alpha value is -2.30. The number of benzene rings is 1. The molecule has 0 atom stereocenters. The van der Waals surface area contributed by atoms with Crippen molar-refractivity contribution in [2.24, 2.45) is 0 Å². The summed E-state index contributed by atoms with van der Waals surface area (Å²) in [5, 5.41) is 0.413. The van der Waals surface area contributed by atoms with Crippen LogP contribution in [-0.4, -0.2) is 17.6 Å². The first-order valence-corrected chi connectivity index (χ1v) is 6.12. The van der Waals surface area contributed by atoms with E-state index < -0.39 is 17.6 Å².